The van der Waals surface area contributed by atoms with Crippen molar-refractivity contribution >= 4 is 5.82 Å². The molecule has 110 valence electrons. The van der Waals surface area contributed by atoms with Crippen LogP contribution in [0.1, 0.15) is 50.3 Å². The van der Waals surface area contributed by atoms with Crippen LogP contribution in [0.15, 0.2) is 12.1 Å². The van der Waals surface area contributed by atoms with Crippen molar-refractivity contribution in [2.24, 2.45) is 5.92 Å². The second kappa shape index (κ2) is 6.57. The number of anilines is 1. The van der Waals surface area contributed by atoms with E-state index in [1.54, 1.807) is 0 Å². The Balaban J connectivity index is 1.79. The normalized spacial score (nSPS) is 24.4. The lowest BCUT2D eigenvalue weighted by Crippen LogP contribution is -2.27. The van der Waals surface area contributed by atoms with Crippen LogP contribution in [-0.4, -0.2) is 24.6 Å². The second-order valence-electron chi connectivity index (χ2n) is 6.45. The number of aromatic nitrogens is 1. The summed E-state index contributed by atoms with van der Waals surface area (Å²) in [5.41, 5.74) is 2.72. The van der Waals surface area contributed by atoms with E-state index >= 15 is 0 Å². The van der Waals surface area contributed by atoms with Gasteiger partial charge >= 0.3 is 0 Å². The van der Waals surface area contributed by atoms with Crippen molar-refractivity contribution in [2.45, 2.75) is 52.0 Å². The van der Waals surface area contributed by atoms with E-state index in [0.29, 0.717) is 0 Å². The van der Waals surface area contributed by atoms with Gasteiger partial charge in [0.2, 0.25) is 0 Å². The Labute approximate surface area is 122 Å². The fourth-order valence-corrected chi connectivity index (χ4v) is 3.31. The number of fused-ring (bicyclic) bond motifs is 1. The van der Waals surface area contributed by atoms with Crippen LogP contribution >= 0.6 is 0 Å². The summed E-state index contributed by atoms with van der Waals surface area (Å²) in [5.74, 6) is 1.96. The fourth-order valence-electron chi connectivity index (χ4n) is 3.31. The van der Waals surface area contributed by atoms with Gasteiger partial charge in [-0.15, -0.1) is 0 Å². The highest BCUT2D eigenvalue weighted by Gasteiger charge is 2.15. The van der Waals surface area contributed by atoms with E-state index in [-0.39, 0.29) is 0 Å². The Morgan fingerprint density at radius 1 is 1.15 bits per heavy atom. The van der Waals surface area contributed by atoms with Gasteiger partial charge in [-0.2, -0.15) is 0 Å². The van der Waals surface area contributed by atoms with Gasteiger partial charge in [-0.3, -0.25) is 0 Å². The molecule has 0 spiro atoms. The van der Waals surface area contributed by atoms with Crippen molar-refractivity contribution in [3.63, 3.8) is 0 Å². The average molecular weight is 273 g/mol. The quantitative estimate of drug-likeness (QED) is 0.852. The van der Waals surface area contributed by atoms with Gasteiger partial charge in [-0.25, -0.2) is 4.98 Å². The van der Waals surface area contributed by atoms with Crippen LogP contribution in [-0.2, 0) is 13.0 Å². The zero-order chi connectivity index (χ0) is 13.8. The van der Waals surface area contributed by atoms with Crippen molar-refractivity contribution < 1.29 is 0 Å². The number of aryl methyl sites for hydroxylation is 1. The van der Waals surface area contributed by atoms with Crippen molar-refractivity contribution in [1.82, 2.24) is 10.3 Å². The van der Waals surface area contributed by atoms with E-state index < -0.39 is 0 Å². The van der Waals surface area contributed by atoms with Gasteiger partial charge in [0.1, 0.15) is 5.82 Å². The monoisotopic (exact) mass is 273 g/mol. The van der Waals surface area contributed by atoms with Gasteiger partial charge in [-0.05, 0) is 49.8 Å². The molecule has 1 unspecified atom stereocenters. The second-order valence-corrected chi connectivity index (χ2v) is 6.45. The molecule has 1 aromatic heterocycles. The maximum Gasteiger partial charge on any atom is 0.128 e. The largest absolute Gasteiger partial charge is 0.357 e. The van der Waals surface area contributed by atoms with Crippen molar-refractivity contribution in [1.29, 1.82) is 0 Å². The molecule has 1 fully saturated rings. The van der Waals surface area contributed by atoms with Crippen LogP contribution in [0.3, 0.4) is 0 Å². The van der Waals surface area contributed by atoms with Crippen LogP contribution in [0.5, 0.6) is 0 Å². The topological polar surface area (TPSA) is 28.2 Å². The summed E-state index contributed by atoms with van der Waals surface area (Å²) >= 11 is 0. The minimum atomic E-state index is 0.756. The minimum absolute atomic E-state index is 0.756. The third-order valence-electron chi connectivity index (χ3n) is 4.67. The molecule has 0 aromatic carbocycles. The molecule has 3 rings (SSSR count). The van der Waals surface area contributed by atoms with E-state index in [2.05, 4.69) is 29.3 Å². The van der Waals surface area contributed by atoms with Gasteiger partial charge in [0, 0.05) is 25.3 Å². The number of rotatable bonds is 1. The molecule has 1 atom stereocenters. The molecule has 0 aliphatic carbocycles. The van der Waals surface area contributed by atoms with Gasteiger partial charge in [0.05, 0.1) is 0 Å². The molecule has 1 aromatic rings. The fraction of sp³-hybridized carbons (Fsp3) is 0.706. The minimum Gasteiger partial charge on any atom is -0.357 e. The first-order chi connectivity index (χ1) is 9.83. The molecule has 0 saturated carbocycles. The Bertz CT molecular complexity index is 436. The molecule has 0 radical (unpaired) electrons. The summed E-state index contributed by atoms with van der Waals surface area (Å²) in [6, 6.07) is 4.53. The summed E-state index contributed by atoms with van der Waals surface area (Å²) in [4.78, 5) is 7.49. The number of hydrogen-bond donors (Lipinski definition) is 1. The average Bonchev–Trinajstić information content (AvgIpc) is 2.73. The summed E-state index contributed by atoms with van der Waals surface area (Å²) in [5, 5.41) is 3.55. The first-order valence-electron chi connectivity index (χ1n) is 8.27. The number of hydrogen-bond acceptors (Lipinski definition) is 3. The highest BCUT2D eigenvalue weighted by atomic mass is 15.2. The van der Waals surface area contributed by atoms with Crippen molar-refractivity contribution in [3.05, 3.63) is 23.4 Å². The van der Waals surface area contributed by atoms with Crippen LogP contribution < -0.4 is 10.2 Å². The summed E-state index contributed by atoms with van der Waals surface area (Å²) < 4.78 is 0. The summed E-state index contributed by atoms with van der Waals surface area (Å²) in [6.45, 7) is 6.80. The maximum absolute atomic E-state index is 5.00. The van der Waals surface area contributed by atoms with E-state index in [0.717, 1.165) is 25.4 Å². The summed E-state index contributed by atoms with van der Waals surface area (Å²) in [7, 11) is 0. The van der Waals surface area contributed by atoms with Crippen LogP contribution in [0.2, 0.25) is 0 Å². The molecule has 2 aliphatic rings. The highest BCUT2D eigenvalue weighted by Crippen LogP contribution is 2.22. The lowest BCUT2D eigenvalue weighted by Gasteiger charge is -2.24. The van der Waals surface area contributed by atoms with Crippen LogP contribution in [0.4, 0.5) is 5.82 Å². The van der Waals surface area contributed by atoms with E-state index in [1.165, 1.54) is 62.3 Å². The number of pyridine rings is 1. The first-order valence-corrected chi connectivity index (χ1v) is 8.27. The molecule has 0 bridgehead atoms. The van der Waals surface area contributed by atoms with Crippen molar-refractivity contribution in [2.75, 3.05) is 24.5 Å². The first kappa shape index (κ1) is 13.9. The predicted octanol–water partition coefficient (Wildman–Crippen LogP) is 3.13. The van der Waals surface area contributed by atoms with Crippen LogP contribution in [0, 0.1) is 5.92 Å². The van der Waals surface area contributed by atoms with Crippen LogP contribution in [0.25, 0.3) is 0 Å². The molecule has 3 nitrogen and oxygen atoms in total. The van der Waals surface area contributed by atoms with E-state index in [9.17, 15) is 0 Å². The number of nitrogens with one attached hydrogen (secondary N) is 1. The predicted molar refractivity (Wildman–Crippen MR) is 84.1 cm³/mol. The standard InChI is InChI=1S/C17H27N3/c1-14-6-8-16-15(13-18-12-14)7-9-17(19-16)20-10-4-2-3-5-11-20/h7,9,14,18H,2-6,8,10-13H2,1H3. The Kier molecular flexibility index (Phi) is 4.56. The molecule has 2 aliphatic heterocycles. The summed E-state index contributed by atoms with van der Waals surface area (Å²) in [6.07, 6.45) is 7.77. The zero-order valence-corrected chi connectivity index (χ0v) is 12.7. The molecular formula is C17H27N3. The molecule has 1 saturated heterocycles. The lowest BCUT2D eigenvalue weighted by atomic mass is 9.99. The van der Waals surface area contributed by atoms with Gasteiger partial charge < -0.3 is 10.2 Å². The third kappa shape index (κ3) is 3.32. The van der Waals surface area contributed by atoms with Gasteiger partial charge in [-0.1, -0.05) is 25.8 Å². The number of nitrogens with zero attached hydrogens (tertiary/aromatic N) is 2. The molecule has 1 N–H and O–H groups in total. The highest BCUT2D eigenvalue weighted by molar-refractivity contribution is 5.42. The maximum atomic E-state index is 5.00. The zero-order valence-electron chi connectivity index (χ0n) is 12.7. The Morgan fingerprint density at radius 3 is 2.75 bits per heavy atom. The third-order valence-corrected chi connectivity index (χ3v) is 4.67. The Hall–Kier alpha value is -1.09. The molecule has 3 heteroatoms. The molecule has 0 amide bonds. The molecule has 20 heavy (non-hydrogen) atoms. The molecular weight excluding hydrogens is 246 g/mol. The molecule has 3 heterocycles. The van der Waals surface area contributed by atoms with Crippen molar-refractivity contribution in [3.8, 4) is 0 Å². The smallest absolute Gasteiger partial charge is 0.128 e. The Morgan fingerprint density at radius 2 is 1.95 bits per heavy atom. The lowest BCUT2D eigenvalue weighted by molar-refractivity contribution is 0.463. The van der Waals surface area contributed by atoms with E-state index in [4.69, 9.17) is 4.98 Å². The van der Waals surface area contributed by atoms with Gasteiger partial charge in [0.15, 0.2) is 0 Å². The van der Waals surface area contributed by atoms with Gasteiger partial charge in [0.25, 0.3) is 0 Å². The van der Waals surface area contributed by atoms with E-state index in [1.807, 2.05) is 0 Å². The SMILES string of the molecule is CC1CCc2nc(N3CCCCCC3)ccc2CNC1.